The Bertz CT molecular complexity index is 980. The van der Waals surface area contributed by atoms with Crippen LogP contribution in [-0.4, -0.2) is 37.2 Å². The van der Waals surface area contributed by atoms with Gasteiger partial charge in [0.2, 0.25) is 0 Å². The summed E-state index contributed by atoms with van der Waals surface area (Å²) in [5.41, 5.74) is 0. The van der Waals surface area contributed by atoms with Gasteiger partial charge in [0.05, 0.1) is 0 Å². The fourth-order valence-electron chi connectivity index (χ4n) is 9.10. The van der Waals surface area contributed by atoms with Gasteiger partial charge in [-0.15, -0.1) is 0 Å². The molecule has 0 radical (unpaired) electrons. The van der Waals surface area contributed by atoms with Crippen LogP contribution in [0.3, 0.4) is 0 Å². The quantitative estimate of drug-likeness (QED) is 0.0344. The van der Waals surface area contributed by atoms with Crippen LogP contribution in [0.5, 0.6) is 0 Å². The molecule has 0 N–H and O–H groups in total. The average molecular weight is 920 g/mol. The maximum absolute atomic E-state index is 12.8. The van der Waals surface area contributed by atoms with Gasteiger partial charge in [-0.05, 0) is 25.2 Å². The van der Waals surface area contributed by atoms with Gasteiger partial charge in [-0.1, -0.05) is 297 Å². The molecule has 0 unspecified atom stereocenters. The van der Waals surface area contributed by atoms with E-state index in [1.807, 2.05) is 0 Å². The van der Waals surface area contributed by atoms with Crippen LogP contribution < -0.4 is 0 Å². The second-order valence-electron chi connectivity index (χ2n) is 20.8. The normalized spacial score (nSPS) is 12.0. The van der Waals surface area contributed by atoms with Crippen LogP contribution in [-0.2, 0) is 28.6 Å². The van der Waals surface area contributed by atoms with Gasteiger partial charge < -0.3 is 14.2 Å². The molecule has 0 aromatic rings. The van der Waals surface area contributed by atoms with Gasteiger partial charge in [0.25, 0.3) is 0 Å². The van der Waals surface area contributed by atoms with Crippen molar-refractivity contribution in [1.82, 2.24) is 0 Å². The Morgan fingerprint density at radius 2 is 0.508 bits per heavy atom. The van der Waals surface area contributed by atoms with E-state index in [2.05, 4.69) is 27.7 Å². The van der Waals surface area contributed by atoms with Crippen molar-refractivity contribution in [2.75, 3.05) is 13.2 Å². The minimum atomic E-state index is -0.762. The Morgan fingerprint density at radius 3 is 0.754 bits per heavy atom. The fourth-order valence-corrected chi connectivity index (χ4v) is 9.10. The summed E-state index contributed by atoms with van der Waals surface area (Å²) in [5, 5.41) is 0. The first-order valence-electron chi connectivity index (χ1n) is 29.4. The van der Waals surface area contributed by atoms with Crippen LogP contribution in [0.15, 0.2) is 0 Å². The van der Waals surface area contributed by atoms with Gasteiger partial charge in [-0.3, -0.25) is 14.4 Å². The van der Waals surface area contributed by atoms with E-state index in [9.17, 15) is 14.4 Å². The van der Waals surface area contributed by atoms with E-state index in [1.54, 1.807) is 0 Å². The zero-order valence-electron chi connectivity index (χ0n) is 44.5. The molecule has 6 heteroatoms. The molecule has 1 atom stereocenters. The number of esters is 3. The van der Waals surface area contributed by atoms with E-state index in [-0.39, 0.29) is 31.1 Å². The van der Waals surface area contributed by atoms with Gasteiger partial charge in [0.15, 0.2) is 6.10 Å². The Kier molecular flexibility index (Phi) is 52.1. The second kappa shape index (κ2) is 53.4. The van der Waals surface area contributed by atoms with E-state index >= 15 is 0 Å². The molecule has 0 aliphatic heterocycles. The highest BCUT2D eigenvalue weighted by molar-refractivity contribution is 5.71. The van der Waals surface area contributed by atoms with Crippen LogP contribution in [0, 0.1) is 5.92 Å². The van der Waals surface area contributed by atoms with Crippen molar-refractivity contribution in [1.29, 1.82) is 0 Å². The van der Waals surface area contributed by atoms with Gasteiger partial charge >= 0.3 is 17.9 Å². The van der Waals surface area contributed by atoms with Crippen molar-refractivity contribution in [3.63, 3.8) is 0 Å². The molecular formula is C59H114O6. The monoisotopic (exact) mass is 919 g/mol. The molecular weight excluding hydrogens is 805 g/mol. The maximum atomic E-state index is 12.8. The molecule has 0 bridgehead atoms. The molecule has 0 aromatic heterocycles. The summed E-state index contributed by atoms with van der Waals surface area (Å²) < 4.78 is 16.9. The predicted molar refractivity (Wildman–Crippen MR) is 280 cm³/mol. The van der Waals surface area contributed by atoms with Crippen molar-refractivity contribution >= 4 is 17.9 Å². The molecule has 0 spiro atoms. The molecule has 0 rings (SSSR count). The van der Waals surface area contributed by atoms with Gasteiger partial charge in [0.1, 0.15) is 13.2 Å². The topological polar surface area (TPSA) is 78.9 Å². The summed E-state index contributed by atoms with van der Waals surface area (Å²) in [4.78, 5) is 38.1. The summed E-state index contributed by atoms with van der Waals surface area (Å²) in [7, 11) is 0. The van der Waals surface area contributed by atoms with Crippen LogP contribution >= 0.6 is 0 Å². The van der Waals surface area contributed by atoms with Crippen LogP contribution in [0.2, 0.25) is 0 Å². The molecule has 0 aliphatic carbocycles. The fraction of sp³-hybridized carbons (Fsp3) is 0.949. The lowest BCUT2D eigenvalue weighted by Crippen LogP contribution is -2.30. The third-order valence-corrected chi connectivity index (χ3v) is 13.5. The van der Waals surface area contributed by atoms with Crippen molar-refractivity contribution in [2.45, 2.75) is 342 Å². The minimum Gasteiger partial charge on any atom is -0.462 e. The summed E-state index contributed by atoms with van der Waals surface area (Å²) in [6, 6.07) is 0. The molecule has 0 fully saturated rings. The van der Waals surface area contributed by atoms with E-state index in [4.69, 9.17) is 14.2 Å². The lowest BCUT2D eigenvalue weighted by Gasteiger charge is -2.18. The van der Waals surface area contributed by atoms with Crippen molar-refractivity contribution in [2.24, 2.45) is 5.92 Å². The number of unbranched alkanes of at least 4 members (excludes halogenated alkanes) is 41. The molecule has 0 aromatic carbocycles. The molecule has 0 saturated carbocycles. The van der Waals surface area contributed by atoms with E-state index in [0.717, 1.165) is 63.7 Å². The van der Waals surface area contributed by atoms with Crippen molar-refractivity contribution in [3.05, 3.63) is 0 Å². The Hall–Kier alpha value is -1.59. The summed E-state index contributed by atoms with van der Waals surface area (Å²) in [5.74, 6) is -0.00228. The Balaban J connectivity index is 4.28. The van der Waals surface area contributed by atoms with Crippen LogP contribution in [0.25, 0.3) is 0 Å². The molecule has 6 nitrogen and oxygen atoms in total. The van der Waals surface area contributed by atoms with E-state index in [1.165, 1.54) is 231 Å². The van der Waals surface area contributed by atoms with Crippen molar-refractivity contribution < 1.29 is 28.6 Å². The average Bonchev–Trinajstić information content (AvgIpc) is 3.29. The highest BCUT2D eigenvalue weighted by Gasteiger charge is 2.19. The molecule has 0 amide bonds. The number of hydrogen-bond acceptors (Lipinski definition) is 6. The first-order chi connectivity index (χ1) is 31.9. The number of rotatable bonds is 54. The first-order valence-corrected chi connectivity index (χ1v) is 29.4. The van der Waals surface area contributed by atoms with E-state index in [0.29, 0.717) is 19.3 Å². The third-order valence-electron chi connectivity index (χ3n) is 13.5. The smallest absolute Gasteiger partial charge is 0.306 e. The van der Waals surface area contributed by atoms with Crippen LogP contribution in [0.1, 0.15) is 336 Å². The maximum Gasteiger partial charge on any atom is 0.306 e. The van der Waals surface area contributed by atoms with Gasteiger partial charge in [-0.25, -0.2) is 0 Å². The Morgan fingerprint density at radius 1 is 0.292 bits per heavy atom. The molecule has 0 aliphatic rings. The molecule has 0 heterocycles. The number of hydrogen-bond donors (Lipinski definition) is 0. The van der Waals surface area contributed by atoms with Gasteiger partial charge in [-0.2, -0.15) is 0 Å². The predicted octanol–water partition coefficient (Wildman–Crippen LogP) is 19.4. The standard InChI is InChI=1S/C59H114O6/c1-5-7-9-11-13-15-17-19-21-22-23-24-26-31-35-39-43-47-51-58(61)64-54-56(53-63-57(60)50-46-42-38-34-30-25-20-18-16-14-12-10-8-6-2)65-59(62)52-48-44-40-36-32-28-27-29-33-37-41-45-49-55(3)4/h55-56H,5-54H2,1-4H3/t56-/m0/s1. The molecule has 0 saturated heterocycles. The summed E-state index contributed by atoms with van der Waals surface area (Å²) >= 11 is 0. The summed E-state index contributed by atoms with van der Waals surface area (Å²) in [6.07, 6.45) is 58.1. The SMILES string of the molecule is CCCCCCCCCCCCCCCCCCCCC(=O)OC[C@H](COC(=O)CCCCCCCCCCCCCCCC)OC(=O)CCCCCCCCCCCCCCC(C)C. The lowest BCUT2D eigenvalue weighted by atomic mass is 10.0. The second-order valence-corrected chi connectivity index (χ2v) is 20.8. The highest BCUT2D eigenvalue weighted by atomic mass is 16.6. The highest BCUT2D eigenvalue weighted by Crippen LogP contribution is 2.18. The lowest BCUT2D eigenvalue weighted by molar-refractivity contribution is -0.167. The van der Waals surface area contributed by atoms with Gasteiger partial charge in [0, 0.05) is 19.3 Å². The summed E-state index contributed by atoms with van der Waals surface area (Å²) in [6.45, 7) is 9.06. The zero-order chi connectivity index (χ0) is 47.4. The number of carbonyl (C=O) groups excluding carboxylic acids is 3. The molecule has 65 heavy (non-hydrogen) atoms. The third kappa shape index (κ3) is 53.2. The largest absolute Gasteiger partial charge is 0.462 e. The molecule has 386 valence electrons. The van der Waals surface area contributed by atoms with Crippen LogP contribution in [0.4, 0.5) is 0 Å². The van der Waals surface area contributed by atoms with Crippen molar-refractivity contribution in [3.8, 4) is 0 Å². The Labute approximate surface area is 406 Å². The number of ether oxygens (including phenoxy) is 3. The number of carbonyl (C=O) groups is 3. The zero-order valence-corrected chi connectivity index (χ0v) is 44.5. The minimum absolute atomic E-state index is 0.0618. The van der Waals surface area contributed by atoms with E-state index < -0.39 is 6.10 Å². The first kappa shape index (κ1) is 63.4.